The van der Waals surface area contributed by atoms with E-state index in [-0.39, 0.29) is 12.4 Å². The molecule has 1 aliphatic rings. The third kappa shape index (κ3) is 1.87. The van der Waals surface area contributed by atoms with Crippen LogP contribution in [0, 0.1) is 13.8 Å². The summed E-state index contributed by atoms with van der Waals surface area (Å²) < 4.78 is 0. The zero-order valence-corrected chi connectivity index (χ0v) is 8.95. The van der Waals surface area contributed by atoms with Crippen molar-refractivity contribution in [2.45, 2.75) is 26.3 Å². The number of nitrogens with one attached hydrogen (secondary N) is 1. The SMILES string of the molecule is Cc1cccc(C)c1[C@@H]1CCN1.Cl. The lowest BCUT2D eigenvalue weighted by molar-refractivity contribution is 0.380. The summed E-state index contributed by atoms with van der Waals surface area (Å²) in [7, 11) is 0. The molecule has 0 radical (unpaired) electrons. The number of hydrogen-bond donors (Lipinski definition) is 1. The molecule has 1 aromatic carbocycles. The van der Waals surface area contributed by atoms with Gasteiger partial charge in [0.25, 0.3) is 0 Å². The molecule has 72 valence electrons. The van der Waals surface area contributed by atoms with E-state index >= 15 is 0 Å². The Morgan fingerprint density at radius 1 is 1.23 bits per heavy atom. The maximum atomic E-state index is 3.44. The summed E-state index contributed by atoms with van der Waals surface area (Å²) in [5, 5.41) is 3.44. The summed E-state index contributed by atoms with van der Waals surface area (Å²) in [6, 6.07) is 7.16. The first kappa shape index (κ1) is 10.6. The fraction of sp³-hybridized carbons (Fsp3) is 0.455. The summed E-state index contributed by atoms with van der Waals surface area (Å²) in [5.41, 5.74) is 4.36. The van der Waals surface area contributed by atoms with E-state index in [0.29, 0.717) is 6.04 Å². The minimum atomic E-state index is 0. The first-order valence-electron chi connectivity index (χ1n) is 4.58. The molecule has 0 spiro atoms. The molecular weight excluding hydrogens is 182 g/mol. The van der Waals surface area contributed by atoms with E-state index in [1.54, 1.807) is 0 Å². The number of hydrogen-bond acceptors (Lipinski definition) is 1. The van der Waals surface area contributed by atoms with E-state index in [2.05, 4.69) is 37.4 Å². The minimum Gasteiger partial charge on any atom is -0.310 e. The largest absolute Gasteiger partial charge is 0.310 e. The Bertz CT molecular complexity index is 272. The molecule has 0 saturated carbocycles. The van der Waals surface area contributed by atoms with E-state index in [1.165, 1.54) is 29.7 Å². The predicted molar refractivity (Wildman–Crippen MR) is 58.5 cm³/mol. The first-order chi connectivity index (χ1) is 5.79. The zero-order chi connectivity index (χ0) is 8.55. The smallest absolute Gasteiger partial charge is 0.0337 e. The Morgan fingerprint density at radius 2 is 1.77 bits per heavy atom. The molecule has 1 N–H and O–H groups in total. The van der Waals surface area contributed by atoms with Crippen LogP contribution in [0.2, 0.25) is 0 Å². The second kappa shape index (κ2) is 4.12. The van der Waals surface area contributed by atoms with Gasteiger partial charge in [-0.1, -0.05) is 18.2 Å². The Labute approximate surface area is 86.0 Å². The van der Waals surface area contributed by atoms with Crippen molar-refractivity contribution in [1.82, 2.24) is 5.32 Å². The summed E-state index contributed by atoms with van der Waals surface area (Å²) in [4.78, 5) is 0. The highest BCUT2D eigenvalue weighted by molar-refractivity contribution is 5.85. The van der Waals surface area contributed by atoms with Gasteiger partial charge < -0.3 is 5.32 Å². The Hall–Kier alpha value is -0.530. The Kier molecular flexibility index (Phi) is 3.34. The summed E-state index contributed by atoms with van der Waals surface area (Å²) >= 11 is 0. The summed E-state index contributed by atoms with van der Waals surface area (Å²) in [6.07, 6.45) is 1.30. The van der Waals surface area contributed by atoms with Crippen LogP contribution in [0.25, 0.3) is 0 Å². The number of aryl methyl sites for hydroxylation is 2. The zero-order valence-electron chi connectivity index (χ0n) is 8.13. The van der Waals surface area contributed by atoms with Gasteiger partial charge in [-0.2, -0.15) is 0 Å². The third-order valence-corrected chi connectivity index (χ3v) is 2.71. The number of rotatable bonds is 1. The topological polar surface area (TPSA) is 12.0 Å². The van der Waals surface area contributed by atoms with Crippen LogP contribution in [-0.4, -0.2) is 6.54 Å². The van der Waals surface area contributed by atoms with Crippen LogP contribution in [-0.2, 0) is 0 Å². The summed E-state index contributed by atoms with van der Waals surface area (Å²) in [6.45, 7) is 5.57. The molecule has 0 aromatic heterocycles. The van der Waals surface area contributed by atoms with Gasteiger partial charge in [-0.15, -0.1) is 12.4 Å². The van der Waals surface area contributed by atoms with Gasteiger partial charge in [0.05, 0.1) is 0 Å². The van der Waals surface area contributed by atoms with Gasteiger partial charge in [0.1, 0.15) is 0 Å². The quantitative estimate of drug-likeness (QED) is 0.730. The van der Waals surface area contributed by atoms with Crippen LogP contribution in [0.15, 0.2) is 18.2 Å². The molecule has 1 atom stereocenters. The van der Waals surface area contributed by atoms with Crippen molar-refractivity contribution in [2.24, 2.45) is 0 Å². The lowest BCUT2D eigenvalue weighted by Gasteiger charge is -2.30. The molecule has 1 aliphatic heterocycles. The van der Waals surface area contributed by atoms with Crippen LogP contribution < -0.4 is 5.32 Å². The number of halogens is 1. The van der Waals surface area contributed by atoms with Crippen molar-refractivity contribution >= 4 is 12.4 Å². The van der Waals surface area contributed by atoms with Crippen LogP contribution >= 0.6 is 12.4 Å². The molecule has 13 heavy (non-hydrogen) atoms. The van der Waals surface area contributed by atoms with E-state index in [4.69, 9.17) is 0 Å². The molecule has 0 bridgehead atoms. The molecule has 1 heterocycles. The van der Waals surface area contributed by atoms with Gasteiger partial charge in [-0.25, -0.2) is 0 Å². The number of benzene rings is 1. The molecule has 1 aromatic rings. The molecule has 0 aliphatic carbocycles. The van der Waals surface area contributed by atoms with E-state index in [1.807, 2.05) is 0 Å². The van der Waals surface area contributed by atoms with Crippen molar-refractivity contribution < 1.29 is 0 Å². The Morgan fingerprint density at radius 3 is 2.15 bits per heavy atom. The lowest BCUT2D eigenvalue weighted by atomic mass is 9.90. The van der Waals surface area contributed by atoms with E-state index < -0.39 is 0 Å². The average Bonchev–Trinajstić information content (AvgIpc) is 1.93. The van der Waals surface area contributed by atoms with Gasteiger partial charge in [-0.05, 0) is 43.5 Å². The molecular formula is C11H16ClN. The van der Waals surface area contributed by atoms with Gasteiger partial charge in [0.2, 0.25) is 0 Å². The van der Waals surface area contributed by atoms with Gasteiger partial charge in [0, 0.05) is 6.04 Å². The average molecular weight is 198 g/mol. The molecule has 1 fully saturated rings. The maximum absolute atomic E-state index is 3.44. The van der Waals surface area contributed by atoms with Gasteiger partial charge in [0.15, 0.2) is 0 Å². The second-order valence-electron chi connectivity index (χ2n) is 3.60. The second-order valence-corrected chi connectivity index (χ2v) is 3.60. The molecule has 1 saturated heterocycles. The fourth-order valence-corrected chi connectivity index (χ4v) is 1.91. The van der Waals surface area contributed by atoms with Crippen LogP contribution in [0.4, 0.5) is 0 Å². The third-order valence-electron chi connectivity index (χ3n) is 2.71. The lowest BCUT2D eigenvalue weighted by Crippen LogP contribution is -2.35. The molecule has 2 rings (SSSR count). The first-order valence-corrected chi connectivity index (χ1v) is 4.58. The van der Waals surface area contributed by atoms with Gasteiger partial charge in [-0.3, -0.25) is 0 Å². The molecule has 0 amide bonds. The van der Waals surface area contributed by atoms with Crippen molar-refractivity contribution in [3.8, 4) is 0 Å². The van der Waals surface area contributed by atoms with E-state index in [9.17, 15) is 0 Å². The molecule has 0 unspecified atom stereocenters. The van der Waals surface area contributed by atoms with E-state index in [0.717, 1.165) is 0 Å². The maximum Gasteiger partial charge on any atom is 0.0337 e. The highest BCUT2D eigenvalue weighted by Gasteiger charge is 2.21. The van der Waals surface area contributed by atoms with Crippen molar-refractivity contribution in [3.05, 3.63) is 34.9 Å². The highest BCUT2D eigenvalue weighted by Crippen LogP contribution is 2.28. The minimum absolute atomic E-state index is 0. The van der Waals surface area contributed by atoms with Crippen molar-refractivity contribution in [1.29, 1.82) is 0 Å². The van der Waals surface area contributed by atoms with Gasteiger partial charge >= 0.3 is 0 Å². The van der Waals surface area contributed by atoms with Crippen LogP contribution in [0.1, 0.15) is 29.2 Å². The van der Waals surface area contributed by atoms with Crippen LogP contribution in [0.3, 0.4) is 0 Å². The highest BCUT2D eigenvalue weighted by atomic mass is 35.5. The van der Waals surface area contributed by atoms with Crippen LogP contribution in [0.5, 0.6) is 0 Å². The Balaban J connectivity index is 0.000000845. The monoisotopic (exact) mass is 197 g/mol. The predicted octanol–water partition coefficient (Wildman–Crippen LogP) is 2.76. The molecule has 1 nitrogen and oxygen atoms in total. The fourth-order valence-electron chi connectivity index (χ4n) is 1.91. The standard InChI is InChI=1S/C11H15N.ClH/c1-8-4-3-5-9(2)11(8)10-6-7-12-10;/h3-5,10,12H,6-7H2,1-2H3;1H/t10-;/m0./s1. The normalized spacial score (nSPS) is 20.3. The van der Waals surface area contributed by atoms with Crippen molar-refractivity contribution in [3.63, 3.8) is 0 Å². The molecule has 2 heteroatoms. The summed E-state index contributed by atoms with van der Waals surface area (Å²) in [5.74, 6) is 0. The van der Waals surface area contributed by atoms with Crippen molar-refractivity contribution in [2.75, 3.05) is 6.54 Å².